The third-order valence-electron chi connectivity index (χ3n) is 6.49. The molecule has 2 aromatic carbocycles. The molecule has 2 N–H and O–H groups in total. The van der Waals surface area contributed by atoms with E-state index < -0.39 is 57.7 Å². The molecule has 3 aromatic rings. The number of aromatic nitrogens is 1. The van der Waals surface area contributed by atoms with Gasteiger partial charge in [0.15, 0.2) is 0 Å². The second kappa shape index (κ2) is 12.4. The molecule has 0 fully saturated rings. The summed E-state index contributed by atoms with van der Waals surface area (Å²) in [6.07, 6.45) is -10.1. The lowest BCUT2D eigenvalue weighted by Gasteiger charge is -2.17. The molecule has 0 aliphatic carbocycles. The standard InChI is InChI=1S/C28H22Cl2F6N4O3/c1-13(15-3-5-22(29)20(8-15)27(31,32)33)39-24(41)10-18-7-17-11-38-25(19(17)12-37-18)40-26(42)43-14(2)16-4-6-23(30)21(9-16)28(34,35)36/h3-9,12-14H,10-11H2,1-2H3,(H,39,41)(H,38,40,42)/t13-,14-/m1/s1. The first-order valence-corrected chi connectivity index (χ1v) is 13.3. The molecular weight excluding hydrogens is 625 g/mol. The summed E-state index contributed by atoms with van der Waals surface area (Å²) in [5.41, 5.74) is -0.321. The average molecular weight is 647 g/mol. The predicted molar refractivity (Wildman–Crippen MR) is 146 cm³/mol. The summed E-state index contributed by atoms with van der Waals surface area (Å²) in [6.45, 7) is 3.08. The number of pyridine rings is 1. The molecule has 2 atom stereocenters. The lowest BCUT2D eigenvalue weighted by Crippen LogP contribution is -2.32. The summed E-state index contributed by atoms with van der Waals surface area (Å²) >= 11 is 11.3. The van der Waals surface area contributed by atoms with Crippen LogP contribution in [0.3, 0.4) is 0 Å². The van der Waals surface area contributed by atoms with Crippen molar-refractivity contribution in [2.75, 3.05) is 0 Å². The Labute approximate surface area is 251 Å². The number of alkyl carbamates (subject to hydrolysis) is 1. The minimum atomic E-state index is -4.68. The Morgan fingerprint density at radius 1 is 0.930 bits per heavy atom. The number of aliphatic imine (C=N–C) groups is 1. The second-order valence-corrected chi connectivity index (χ2v) is 10.4. The lowest BCUT2D eigenvalue weighted by atomic mass is 10.0. The van der Waals surface area contributed by atoms with Crippen molar-refractivity contribution in [2.24, 2.45) is 4.99 Å². The molecular formula is C28H22Cl2F6N4O3. The highest BCUT2D eigenvalue weighted by molar-refractivity contribution is 6.31. The van der Waals surface area contributed by atoms with Gasteiger partial charge in [-0.15, -0.1) is 0 Å². The van der Waals surface area contributed by atoms with E-state index in [1.165, 1.54) is 32.2 Å². The maximum atomic E-state index is 13.2. The number of amidine groups is 1. The van der Waals surface area contributed by atoms with E-state index in [1.807, 2.05) is 0 Å². The molecule has 0 saturated carbocycles. The molecule has 0 spiro atoms. The molecule has 1 aliphatic rings. The van der Waals surface area contributed by atoms with Crippen molar-refractivity contribution in [3.8, 4) is 0 Å². The van der Waals surface area contributed by atoms with Gasteiger partial charge in [0.1, 0.15) is 11.9 Å². The van der Waals surface area contributed by atoms with E-state index in [4.69, 9.17) is 27.9 Å². The van der Waals surface area contributed by atoms with Gasteiger partial charge in [-0.25, -0.2) is 4.79 Å². The normalized spacial score (nSPS) is 14.4. The van der Waals surface area contributed by atoms with Crippen LogP contribution in [0.4, 0.5) is 31.1 Å². The lowest BCUT2D eigenvalue weighted by molar-refractivity contribution is -0.138. The highest BCUT2D eigenvalue weighted by Crippen LogP contribution is 2.37. The molecule has 1 aliphatic heterocycles. The number of carbonyl (C=O) groups is 2. The van der Waals surface area contributed by atoms with Gasteiger partial charge in [0.2, 0.25) is 5.91 Å². The first-order chi connectivity index (χ1) is 20.0. The Balaban J connectivity index is 1.35. The number of benzene rings is 2. The van der Waals surface area contributed by atoms with Crippen LogP contribution in [-0.2, 0) is 34.8 Å². The van der Waals surface area contributed by atoms with E-state index in [0.29, 0.717) is 16.8 Å². The molecule has 0 bridgehead atoms. The van der Waals surface area contributed by atoms with Gasteiger partial charge in [0.25, 0.3) is 0 Å². The quantitative estimate of drug-likeness (QED) is 0.270. The van der Waals surface area contributed by atoms with Crippen molar-refractivity contribution in [2.45, 2.75) is 51.3 Å². The maximum absolute atomic E-state index is 13.2. The first kappa shape index (κ1) is 32.1. The maximum Gasteiger partial charge on any atom is 0.417 e. The minimum Gasteiger partial charge on any atom is -0.441 e. The van der Waals surface area contributed by atoms with Crippen molar-refractivity contribution < 1.29 is 40.7 Å². The van der Waals surface area contributed by atoms with E-state index in [2.05, 4.69) is 20.6 Å². The Bertz CT molecular complexity index is 1590. The van der Waals surface area contributed by atoms with Crippen LogP contribution in [0.25, 0.3) is 0 Å². The summed E-state index contributed by atoms with van der Waals surface area (Å²) in [5.74, 6) is -0.367. The number of hydrogen-bond donors (Lipinski definition) is 2. The number of carbonyl (C=O) groups excluding carboxylic acids is 2. The predicted octanol–water partition coefficient (Wildman–Crippen LogP) is 7.59. The Morgan fingerprint density at radius 2 is 1.51 bits per heavy atom. The Kier molecular flexibility index (Phi) is 9.26. The molecule has 4 rings (SSSR count). The molecule has 15 heteroatoms. The second-order valence-electron chi connectivity index (χ2n) is 9.61. The molecule has 0 radical (unpaired) electrons. The van der Waals surface area contributed by atoms with Crippen LogP contribution in [0.5, 0.6) is 0 Å². The fourth-order valence-corrected chi connectivity index (χ4v) is 4.73. The Morgan fingerprint density at radius 3 is 2.12 bits per heavy atom. The van der Waals surface area contributed by atoms with Crippen LogP contribution in [0, 0.1) is 0 Å². The van der Waals surface area contributed by atoms with Crippen molar-refractivity contribution >= 4 is 41.0 Å². The molecule has 0 saturated heterocycles. The molecule has 1 aromatic heterocycles. The average Bonchev–Trinajstić information content (AvgIpc) is 3.29. The van der Waals surface area contributed by atoms with Gasteiger partial charge in [-0.3, -0.25) is 20.1 Å². The van der Waals surface area contributed by atoms with Crippen molar-refractivity contribution in [1.82, 2.24) is 15.6 Å². The van der Waals surface area contributed by atoms with E-state index in [-0.39, 0.29) is 29.9 Å². The van der Waals surface area contributed by atoms with E-state index in [0.717, 1.165) is 24.3 Å². The van der Waals surface area contributed by atoms with Crippen molar-refractivity contribution in [1.29, 1.82) is 0 Å². The smallest absolute Gasteiger partial charge is 0.417 e. The molecule has 0 unspecified atom stereocenters. The number of rotatable bonds is 6. The minimum absolute atomic E-state index is 0.0800. The van der Waals surface area contributed by atoms with Gasteiger partial charge in [-0.1, -0.05) is 35.3 Å². The third-order valence-corrected chi connectivity index (χ3v) is 7.15. The number of nitrogens with zero attached hydrogens (tertiary/aromatic N) is 2. The van der Waals surface area contributed by atoms with Gasteiger partial charge in [0, 0.05) is 11.8 Å². The van der Waals surface area contributed by atoms with Crippen LogP contribution >= 0.6 is 23.2 Å². The number of amides is 2. The number of ether oxygens (including phenoxy) is 1. The number of fused-ring (bicyclic) bond motifs is 1. The first-order valence-electron chi connectivity index (χ1n) is 12.6. The Hall–Kier alpha value is -3.84. The number of alkyl halides is 6. The van der Waals surface area contributed by atoms with E-state index in [1.54, 1.807) is 6.07 Å². The number of hydrogen-bond acceptors (Lipinski definition) is 5. The number of halogens is 8. The molecule has 228 valence electrons. The number of nitrogens with one attached hydrogen (secondary N) is 2. The topological polar surface area (TPSA) is 92.7 Å². The SMILES string of the molecule is C[C@@H](NC(=O)Cc1cc2c(cn1)C(NC(=O)O[C@H](C)c1ccc(Cl)c(C(F)(F)F)c1)=NC2)c1ccc(Cl)c(C(F)(F)F)c1. The summed E-state index contributed by atoms with van der Waals surface area (Å²) in [4.78, 5) is 33.5. The van der Waals surface area contributed by atoms with Gasteiger partial charge in [-0.05, 0) is 60.9 Å². The summed E-state index contributed by atoms with van der Waals surface area (Å²) in [6, 6.07) is 7.43. The van der Waals surface area contributed by atoms with Crippen LogP contribution in [0.1, 0.15) is 65.1 Å². The van der Waals surface area contributed by atoms with Crippen LogP contribution in [0.2, 0.25) is 10.0 Å². The molecule has 7 nitrogen and oxygen atoms in total. The summed E-state index contributed by atoms with van der Waals surface area (Å²) in [5, 5.41) is 4.15. The molecule has 43 heavy (non-hydrogen) atoms. The van der Waals surface area contributed by atoms with Crippen molar-refractivity contribution in [3.05, 3.63) is 97.8 Å². The van der Waals surface area contributed by atoms with Crippen LogP contribution < -0.4 is 10.6 Å². The van der Waals surface area contributed by atoms with Crippen LogP contribution in [-0.4, -0.2) is 22.8 Å². The summed E-state index contributed by atoms with van der Waals surface area (Å²) < 4.78 is 84.2. The van der Waals surface area contributed by atoms with Gasteiger partial charge in [0.05, 0.1) is 45.9 Å². The molecule has 2 heterocycles. The zero-order valence-corrected chi connectivity index (χ0v) is 23.8. The molecule has 2 amide bonds. The fourth-order valence-electron chi connectivity index (χ4n) is 4.28. The zero-order valence-electron chi connectivity index (χ0n) is 22.3. The van der Waals surface area contributed by atoms with E-state index >= 15 is 0 Å². The highest BCUT2D eigenvalue weighted by atomic mass is 35.5. The van der Waals surface area contributed by atoms with Gasteiger partial charge in [-0.2, -0.15) is 26.3 Å². The van der Waals surface area contributed by atoms with Gasteiger partial charge >= 0.3 is 18.4 Å². The summed E-state index contributed by atoms with van der Waals surface area (Å²) in [7, 11) is 0. The zero-order chi connectivity index (χ0) is 31.7. The van der Waals surface area contributed by atoms with E-state index in [9.17, 15) is 35.9 Å². The largest absolute Gasteiger partial charge is 0.441 e. The van der Waals surface area contributed by atoms with Crippen molar-refractivity contribution in [3.63, 3.8) is 0 Å². The van der Waals surface area contributed by atoms with Crippen LogP contribution in [0.15, 0.2) is 53.7 Å². The fraction of sp³-hybridized carbons (Fsp3) is 0.286. The highest BCUT2D eigenvalue weighted by Gasteiger charge is 2.35. The monoisotopic (exact) mass is 646 g/mol. The van der Waals surface area contributed by atoms with Gasteiger partial charge < -0.3 is 10.1 Å². The third kappa shape index (κ3) is 7.77.